The van der Waals surface area contributed by atoms with Gasteiger partial charge < -0.3 is 14.2 Å². The van der Waals surface area contributed by atoms with E-state index in [1.54, 1.807) is 6.08 Å². The maximum atomic E-state index is 12.8. The minimum Gasteiger partial charge on any atom is -0.462 e. The van der Waals surface area contributed by atoms with Crippen LogP contribution < -0.4 is 0 Å². The predicted octanol–water partition coefficient (Wildman–Crippen LogP) is 18.1. The third-order valence-electron chi connectivity index (χ3n) is 11.3. The van der Waals surface area contributed by atoms with Crippen LogP contribution in [-0.2, 0) is 28.6 Å². The third-order valence-corrected chi connectivity index (χ3v) is 11.3. The van der Waals surface area contributed by atoms with Gasteiger partial charge in [0.1, 0.15) is 13.2 Å². The number of carbonyl (C=O) groups is 3. The van der Waals surface area contributed by atoms with Gasteiger partial charge in [0, 0.05) is 12.8 Å². The maximum absolute atomic E-state index is 12.8. The maximum Gasteiger partial charge on any atom is 0.310 e. The summed E-state index contributed by atoms with van der Waals surface area (Å²) >= 11 is 0. The number of unbranched alkanes of at least 4 members (excludes halogenated alkanes) is 22. The van der Waals surface area contributed by atoms with Crippen LogP contribution in [0.1, 0.15) is 245 Å². The van der Waals surface area contributed by atoms with Crippen molar-refractivity contribution in [2.75, 3.05) is 13.2 Å². The molecule has 0 saturated carbocycles. The monoisotopic (exact) mass is 917 g/mol. The van der Waals surface area contributed by atoms with Gasteiger partial charge in [-0.1, -0.05) is 227 Å². The van der Waals surface area contributed by atoms with Crippen molar-refractivity contribution >= 4 is 17.9 Å². The van der Waals surface area contributed by atoms with E-state index in [9.17, 15) is 14.4 Å². The summed E-state index contributed by atoms with van der Waals surface area (Å²) in [5, 5.41) is 0. The van der Waals surface area contributed by atoms with Gasteiger partial charge in [-0.2, -0.15) is 0 Å². The minimum atomic E-state index is -0.839. The summed E-state index contributed by atoms with van der Waals surface area (Å²) in [6.07, 6.45) is 71.3. The van der Waals surface area contributed by atoms with Crippen molar-refractivity contribution in [2.24, 2.45) is 0 Å². The molecule has 1 atom stereocenters. The van der Waals surface area contributed by atoms with Crippen molar-refractivity contribution in [1.29, 1.82) is 0 Å². The molecule has 0 rings (SSSR count). The van der Waals surface area contributed by atoms with E-state index in [0.717, 1.165) is 96.3 Å². The van der Waals surface area contributed by atoms with Crippen molar-refractivity contribution in [3.63, 3.8) is 0 Å². The lowest BCUT2D eigenvalue weighted by atomic mass is 10.1. The van der Waals surface area contributed by atoms with Gasteiger partial charge in [-0.15, -0.1) is 0 Å². The number of hydrogen-bond donors (Lipinski definition) is 0. The lowest BCUT2D eigenvalue weighted by Crippen LogP contribution is -2.30. The average Bonchev–Trinajstić information content (AvgIpc) is 3.31. The molecule has 0 bridgehead atoms. The molecule has 0 aromatic rings. The largest absolute Gasteiger partial charge is 0.462 e. The van der Waals surface area contributed by atoms with E-state index in [1.807, 2.05) is 6.08 Å². The first-order valence-corrected chi connectivity index (χ1v) is 27.2. The summed E-state index contributed by atoms with van der Waals surface area (Å²) < 4.78 is 16.7. The Morgan fingerprint density at radius 2 is 0.652 bits per heavy atom. The molecule has 0 saturated heterocycles. The van der Waals surface area contributed by atoms with Crippen LogP contribution in [-0.4, -0.2) is 37.2 Å². The zero-order valence-electron chi connectivity index (χ0n) is 42.9. The van der Waals surface area contributed by atoms with Crippen LogP contribution in [0, 0.1) is 0 Å². The van der Waals surface area contributed by atoms with Crippen molar-refractivity contribution in [2.45, 2.75) is 252 Å². The molecule has 6 nitrogen and oxygen atoms in total. The molecular formula is C60H100O6. The third kappa shape index (κ3) is 51.3. The van der Waals surface area contributed by atoms with Gasteiger partial charge in [0.15, 0.2) is 6.10 Å². The molecule has 1 unspecified atom stereocenters. The lowest BCUT2D eigenvalue weighted by Gasteiger charge is -2.18. The first kappa shape index (κ1) is 62.3. The summed E-state index contributed by atoms with van der Waals surface area (Å²) in [5.74, 6) is -1.07. The fourth-order valence-corrected chi connectivity index (χ4v) is 7.23. The number of esters is 3. The van der Waals surface area contributed by atoms with Crippen LogP contribution in [0.15, 0.2) is 97.2 Å². The van der Waals surface area contributed by atoms with Crippen molar-refractivity contribution < 1.29 is 28.6 Å². The molecule has 0 aromatic heterocycles. The van der Waals surface area contributed by atoms with E-state index >= 15 is 0 Å². The number of allylic oxidation sites excluding steroid dienone is 15. The fraction of sp³-hybridized carbons (Fsp3) is 0.683. The van der Waals surface area contributed by atoms with Crippen molar-refractivity contribution in [3.05, 3.63) is 97.2 Å². The Hall–Kier alpha value is -3.67. The first-order valence-electron chi connectivity index (χ1n) is 27.2. The second-order valence-corrected chi connectivity index (χ2v) is 17.8. The Balaban J connectivity index is 4.49. The summed E-state index contributed by atoms with van der Waals surface area (Å²) in [6, 6.07) is 0. The van der Waals surface area contributed by atoms with Crippen LogP contribution in [0.5, 0.6) is 0 Å². The van der Waals surface area contributed by atoms with Crippen LogP contribution in [0.25, 0.3) is 0 Å². The molecule has 0 N–H and O–H groups in total. The second kappa shape index (κ2) is 53.9. The summed E-state index contributed by atoms with van der Waals surface area (Å²) in [6.45, 7) is 6.38. The smallest absolute Gasteiger partial charge is 0.310 e. The van der Waals surface area contributed by atoms with Crippen LogP contribution in [0.3, 0.4) is 0 Å². The van der Waals surface area contributed by atoms with Gasteiger partial charge in [0.2, 0.25) is 0 Å². The summed E-state index contributed by atoms with van der Waals surface area (Å²) in [5.41, 5.74) is 0. The zero-order valence-corrected chi connectivity index (χ0v) is 42.9. The van der Waals surface area contributed by atoms with Crippen molar-refractivity contribution in [3.8, 4) is 0 Å². The van der Waals surface area contributed by atoms with E-state index in [2.05, 4.69) is 106 Å². The highest BCUT2D eigenvalue weighted by Gasteiger charge is 2.19. The normalized spacial score (nSPS) is 12.8. The molecule has 0 heterocycles. The van der Waals surface area contributed by atoms with E-state index in [-0.39, 0.29) is 31.6 Å². The average molecular weight is 917 g/mol. The molecule has 376 valence electrons. The van der Waals surface area contributed by atoms with E-state index < -0.39 is 12.1 Å². The summed E-state index contributed by atoms with van der Waals surface area (Å²) in [4.78, 5) is 38.0. The highest BCUT2D eigenvalue weighted by molar-refractivity contribution is 5.72. The van der Waals surface area contributed by atoms with E-state index in [4.69, 9.17) is 14.2 Å². The van der Waals surface area contributed by atoms with Gasteiger partial charge >= 0.3 is 17.9 Å². The van der Waals surface area contributed by atoms with Gasteiger partial charge in [-0.3, -0.25) is 14.4 Å². The molecular weight excluding hydrogens is 817 g/mol. The van der Waals surface area contributed by atoms with Gasteiger partial charge in [0.05, 0.1) is 6.42 Å². The molecule has 0 spiro atoms. The molecule has 0 radical (unpaired) electrons. The Kier molecular flexibility index (Phi) is 50.9. The van der Waals surface area contributed by atoms with Crippen LogP contribution in [0.2, 0.25) is 0 Å². The highest BCUT2D eigenvalue weighted by Crippen LogP contribution is 2.14. The molecule has 0 aromatic carbocycles. The Morgan fingerprint density at radius 3 is 1.06 bits per heavy atom. The first-order chi connectivity index (χ1) is 32.5. The molecule has 0 fully saturated rings. The number of ether oxygens (including phenoxy) is 3. The Labute approximate surface area is 407 Å². The molecule has 0 amide bonds. The SMILES string of the molecule is CC/C=C\C/C=C\C/C=C\C/C=C\C/C=C\CC(=O)OC(COC(=O)CCCCCCC/C=C\C/C=C\CCCC)COC(=O)CCCCCCCCCCC/C=C\CCCCCCCC. The van der Waals surface area contributed by atoms with Crippen LogP contribution >= 0.6 is 0 Å². The standard InChI is InChI=1S/C60H100O6/c1-4-7-10-13-16-19-22-25-28-29-30-31-33-35-38-41-44-47-50-53-59(62)65-56-57(55-64-58(61)52-49-46-43-40-37-34-27-24-21-18-15-12-9-6-3)66-60(63)54-51-48-45-42-39-36-32-26-23-20-17-14-11-8-5-2/h8,11,15,17-18,20,24-28,32,39,42,48,51,57H,4-7,9-10,12-14,16,19,21-23,29-31,33-38,40-41,43-47,49-50,52-56H2,1-3H3/b11-8-,18-15-,20-17-,27-24-,28-25-,32-26-,42-39-,51-48-. The number of hydrogen-bond acceptors (Lipinski definition) is 6. The zero-order chi connectivity index (χ0) is 47.9. The Bertz CT molecular complexity index is 1330. The minimum absolute atomic E-state index is 0.0918. The fourth-order valence-electron chi connectivity index (χ4n) is 7.23. The molecule has 66 heavy (non-hydrogen) atoms. The molecule has 6 heteroatoms. The van der Waals surface area contributed by atoms with Crippen LogP contribution in [0.4, 0.5) is 0 Å². The number of carbonyl (C=O) groups excluding carboxylic acids is 3. The van der Waals surface area contributed by atoms with Gasteiger partial charge in [0.25, 0.3) is 0 Å². The topological polar surface area (TPSA) is 78.9 Å². The van der Waals surface area contributed by atoms with Crippen molar-refractivity contribution in [1.82, 2.24) is 0 Å². The van der Waals surface area contributed by atoms with E-state index in [0.29, 0.717) is 12.8 Å². The predicted molar refractivity (Wildman–Crippen MR) is 284 cm³/mol. The molecule has 0 aliphatic heterocycles. The lowest BCUT2D eigenvalue weighted by molar-refractivity contribution is -0.166. The highest BCUT2D eigenvalue weighted by atomic mass is 16.6. The van der Waals surface area contributed by atoms with Gasteiger partial charge in [-0.25, -0.2) is 0 Å². The quantitative estimate of drug-likeness (QED) is 0.0262. The number of rotatable bonds is 48. The Morgan fingerprint density at radius 1 is 0.333 bits per heavy atom. The second-order valence-electron chi connectivity index (χ2n) is 17.8. The van der Waals surface area contributed by atoms with Gasteiger partial charge in [-0.05, 0) is 96.3 Å². The van der Waals surface area contributed by atoms with E-state index in [1.165, 1.54) is 109 Å². The summed E-state index contributed by atoms with van der Waals surface area (Å²) in [7, 11) is 0. The molecule has 0 aliphatic carbocycles. The molecule has 0 aliphatic rings.